The molecule has 8 nitrogen and oxygen atoms in total. The van der Waals surface area contributed by atoms with E-state index in [-0.39, 0.29) is 17.3 Å². The van der Waals surface area contributed by atoms with Crippen LogP contribution in [-0.2, 0) is 13.1 Å². The standard InChI is InChI=1S/C21H20ClFN6O2/c22-16-5-3-6-17(23)15(16)12-29-11-13(14-4-1-2-7-18(14)29)10-25-8-9-26-21(30)19-20(24)28-31-27-19/h1-7,11,25H,8-10,12H2,(H2,24,28)(H,26,30). The van der Waals surface area contributed by atoms with Crippen molar-refractivity contribution in [3.05, 3.63) is 76.3 Å². The maximum absolute atomic E-state index is 14.3. The van der Waals surface area contributed by atoms with E-state index < -0.39 is 5.91 Å². The molecule has 0 atom stereocenters. The smallest absolute Gasteiger partial charge is 0.277 e. The normalized spacial score (nSPS) is 11.2. The minimum absolute atomic E-state index is 0.0325. The number of nitrogens with one attached hydrogen (secondary N) is 2. The highest BCUT2D eigenvalue weighted by molar-refractivity contribution is 6.31. The van der Waals surface area contributed by atoms with Crippen LogP contribution >= 0.6 is 11.6 Å². The summed E-state index contributed by atoms with van der Waals surface area (Å²) in [6.45, 7) is 1.79. The fourth-order valence-electron chi connectivity index (χ4n) is 3.37. The minimum Gasteiger partial charge on any atom is -0.379 e. The number of para-hydroxylation sites is 1. The molecule has 0 saturated heterocycles. The van der Waals surface area contributed by atoms with Crippen LogP contribution in [0.5, 0.6) is 0 Å². The lowest BCUT2D eigenvalue weighted by Gasteiger charge is -2.08. The monoisotopic (exact) mass is 442 g/mol. The van der Waals surface area contributed by atoms with E-state index in [0.29, 0.717) is 36.8 Å². The Labute approximate surface area is 182 Å². The highest BCUT2D eigenvalue weighted by Gasteiger charge is 2.15. The summed E-state index contributed by atoms with van der Waals surface area (Å²) in [5.41, 5.74) is 7.96. The molecule has 0 saturated carbocycles. The van der Waals surface area contributed by atoms with Gasteiger partial charge in [-0.15, -0.1) is 0 Å². The van der Waals surface area contributed by atoms with Gasteiger partial charge in [-0.3, -0.25) is 4.79 Å². The molecule has 4 N–H and O–H groups in total. The van der Waals surface area contributed by atoms with Crippen molar-refractivity contribution in [2.75, 3.05) is 18.8 Å². The average molecular weight is 443 g/mol. The molecule has 31 heavy (non-hydrogen) atoms. The number of nitrogens with two attached hydrogens (primary N) is 1. The molecule has 0 fully saturated rings. The lowest BCUT2D eigenvalue weighted by atomic mass is 10.2. The molecule has 0 aliphatic carbocycles. The van der Waals surface area contributed by atoms with Crippen LogP contribution in [0.15, 0.2) is 53.3 Å². The first kappa shape index (κ1) is 20.8. The third-order valence-electron chi connectivity index (χ3n) is 4.89. The topological polar surface area (TPSA) is 111 Å². The quantitative estimate of drug-likeness (QED) is 0.362. The molecule has 2 heterocycles. The third kappa shape index (κ3) is 4.52. The Morgan fingerprint density at radius 1 is 1.16 bits per heavy atom. The molecule has 2 aromatic heterocycles. The first-order valence-electron chi connectivity index (χ1n) is 9.61. The van der Waals surface area contributed by atoms with Crippen LogP contribution in [0.25, 0.3) is 10.9 Å². The molecular formula is C21H20ClFN6O2. The number of carbonyl (C=O) groups is 1. The Morgan fingerprint density at radius 2 is 2.00 bits per heavy atom. The Kier molecular flexibility index (Phi) is 6.15. The van der Waals surface area contributed by atoms with E-state index in [0.717, 1.165) is 16.5 Å². The average Bonchev–Trinajstić information content (AvgIpc) is 3.34. The summed E-state index contributed by atoms with van der Waals surface area (Å²) in [5, 5.41) is 14.3. The number of nitrogens with zero attached hydrogens (tertiary/aromatic N) is 3. The number of halogens is 2. The Bertz CT molecular complexity index is 1200. The van der Waals surface area contributed by atoms with E-state index in [1.807, 2.05) is 35.0 Å². The van der Waals surface area contributed by atoms with E-state index in [4.69, 9.17) is 17.3 Å². The number of hydrogen-bond donors (Lipinski definition) is 3. The van der Waals surface area contributed by atoms with Crippen LogP contribution < -0.4 is 16.4 Å². The van der Waals surface area contributed by atoms with E-state index in [9.17, 15) is 9.18 Å². The Balaban J connectivity index is 1.40. The van der Waals surface area contributed by atoms with Gasteiger partial charge in [-0.1, -0.05) is 35.9 Å². The van der Waals surface area contributed by atoms with Crippen molar-refractivity contribution in [3.8, 4) is 0 Å². The predicted molar refractivity (Wildman–Crippen MR) is 115 cm³/mol. The first-order valence-corrected chi connectivity index (χ1v) is 9.99. The van der Waals surface area contributed by atoms with Gasteiger partial charge in [0.1, 0.15) is 5.82 Å². The number of anilines is 1. The summed E-state index contributed by atoms with van der Waals surface area (Å²) >= 11 is 6.21. The van der Waals surface area contributed by atoms with E-state index in [2.05, 4.69) is 25.6 Å². The molecule has 0 unspecified atom stereocenters. The number of aromatic nitrogens is 3. The van der Waals surface area contributed by atoms with Gasteiger partial charge in [-0.2, -0.15) is 0 Å². The highest BCUT2D eigenvalue weighted by Crippen LogP contribution is 2.25. The number of fused-ring (bicyclic) bond motifs is 1. The van der Waals surface area contributed by atoms with Crippen LogP contribution in [-0.4, -0.2) is 33.9 Å². The lowest BCUT2D eigenvalue weighted by Crippen LogP contribution is -2.32. The molecule has 10 heteroatoms. The first-order chi connectivity index (χ1) is 15.0. The van der Waals surface area contributed by atoms with Crippen LogP contribution in [0.2, 0.25) is 5.02 Å². The van der Waals surface area contributed by atoms with Crippen molar-refractivity contribution in [2.45, 2.75) is 13.1 Å². The number of nitrogen functional groups attached to an aromatic ring is 1. The zero-order chi connectivity index (χ0) is 21.8. The van der Waals surface area contributed by atoms with Crippen molar-refractivity contribution in [3.63, 3.8) is 0 Å². The van der Waals surface area contributed by atoms with Gasteiger partial charge in [-0.25, -0.2) is 9.02 Å². The molecular weight excluding hydrogens is 423 g/mol. The largest absolute Gasteiger partial charge is 0.379 e. The van der Waals surface area contributed by atoms with Crippen molar-refractivity contribution >= 4 is 34.2 Å². The number of rotatable bonds is 8. The number of carbonyl (C=O) groups excluding carboxylic acids is 1. The van der Waals surface area contributed by atoms with Gasteiger partial charge in [0.15, 0.2) is 0 Å². The van der Waals surface area contributed by atoms with Crippen LogP contribution in [0.1, 0.15) is 21.6 Å². The van der Waals surface area contributed by atoms with E-state index in [1.54, 1.807) is 12.1 Å². The van der Waals surface area contributed by atoms with Crippen molar-refractivity contribution in [2.24, 2.45) is 0 Å². The summed E-state index contributed by atoms with van der Waals surface area (Å²) in [6.07, 6.45) is 1.99. The SMILES string of the molecule is Nc1nonc1C(=O)NCCNCc1cn(Cc2c(F)cccc2Cl)c2ccccc12. The van der Waals surface area contributed by atoms with Crippen molar-refractivity contribution in [1.29, 1.82) is 0 Å². The highest BCUT2D eigenvalue weighted by atomic mass is 35.5. The van der Waals surface area contributed by atoms with Gasteiger partial charge in [0, 0.05) is 47.3 Å². The summed E-state index contributed by atoms with van der Waals surface area (Å²) in [4.78, 5) is 11.9. The van der Waals surface area contributed by atoms with Gasteiger partial charge < -0.3 is 20.9 Å². The molecule has 1 amide bonds. The molecule has 4 aromatic rings. The number of benzene rings is 2. The minimum atomic E-state index is -0.445. The maximum Gasteiger partial charge on any atom is 0.277 e. The van der Waals surface area contributed by atoms with Crippen LogP contribution in [0.4, 0.5) is 10.2 Å². The zero-order valence-corrected chi connectivity index (χ0v) is 17.2. The molecule has 0 bridgehead atoms. The summed E-state index contributed by atoms with van der Waals surface area (Å²) < 4.78 is 20.7. The number of amides is 1. The third-order valence-corrected chi connectivity index (χ3v) is 5.25. The molecule has 160 valence electrons. The second-order valence-electron chi connectivity index (χ2n) is 6.93. The van der Waals surface area contributed by atoms with Crippen LogP contribution in [0, 0.1) is 5.82 Å². The summed E-state index contributed by atoms with van der Waals surface area (Å²) in [6, 6.07) is 12.6. The van der Waals surface area contributed by atoms with Gasteiger partial charge >= 0.3 is 0 Å². The molecule has 0 spiro atoms. The fraction of sp³-hybridized carbons (Fsp3) is 0.190. The van der Waals surface area contributed by atoms with Crippen molar-refractivity contribution in [1.82, 2.24) is 25.5 Å². The zero-order valence-electron chi connectivity index (χ0n) is 16.4. The van der Waals surface area contributed by atoms with E-state index in [1.165, 1.54) is 6.07 Å². The molecule has 0 aliphatic rings. The molecule has 0 radical (unpaired) electrons. The molecule has 2 aromatic carbocycles. The van der Waals surface area contributed by atoms with Gasteiger partial charge in [0.25, 0.3) is 5.91 Å². The Morgan fingerprint density at radius 3 is 2.77 bits per heavy atom. The molecule has 4 rings (SSSR count). The predicted octanol–water partition coefficient (Wildman–Crippen LogP) is 2.97. The van der Waals surface area contributed by atoms with Crippen molar-refractivity contribution < 1.29 is 13.8 Å². The maximum atomic E-state index is 14.3. The molecule has 0 aliphatic heterocycles. The van der Waals surface area contributed by atoms with E-state index >= 15 is 0 Å². The lowest BCUT2D eigenvalue weighted by molar-refractivity contribution is 0.0944. The second-order valence-corrected chi connectivity index (χ2v) is 7.34. The summed E-state index contributed by atoms with van der Waals surface area (Å²) in [7, 11) is 0. The second kappa shape index (κ2) is 9.15. The summed E-state index contributed by atoms with van der Waals surface area (Å²) in [5.74, 6) is -0.823. The van der Waals surface area contributed by atoms with Gasteiger partial charge in [0.05, 0.1) is 6.54 Å². The van der Waals surface area contributed by atoms with Crippen LogP contribution in [0.3, 0.4) is 0 Å². The fourth-order valence-corrected chi connectivity index (χ4v) is 3.60. The van der Waals surface area contributed by atoms with Gasteiger partial charge in [-0.05, 0) is 34.1 Å². The number of hydrogen-bond acceptors (Lipinski definition) is 6. The van der Waals surface area contributed by atoms with Gasteiger partial charge in [0.2, 0.25) is 11.5 Å². The Hall–Kier alpha value is -3.43.